The highest BCUT2D eigenvalue weighted by Gasteiger charge is 2.19. The summed E-state index contributed by atoms with van der Waals surface area (Å²) < 4.78 is 13.3. The van der Waals surface area contributed by atoms with Crippen molar-refractivity contribution in [2.24, 2.45) is 0 Å². The quantitative estimate of drug-likeness (QED) is 0.109. The van der Waals surface area contributed by atoms with Crippen LogP contribution in [0.5, 0.6) is 11.5 Å². The molecular weight excluding hydrogens is 464 g/mol. The molecule has 210 valence electrons. The Morgan fingerprint density at radius 2 is 0.842 bits per heavy atom. The van der Waals surface area contributed by atoms with Gasteiger partial charge in [-0.3, -0.25) is 0 Å². The van der Waals surface area contributed by atoms with E-state index in [4.69, 9.17) is 9.47 Å². The molecule has 0 radical (unpaired) electrons. The molecule has 0 spiro atoms. The van der Waals surface area contributed by atoms with Gasteiger partial charge in [0.25, 0.3) is 0 Å². The molecule has 3 aromatic carbocycles. The second-order valence-corrected chi connectivity index (χ2v) is 11.1. The highest BCUT2D eigenvalue weighted by molar-refractivity contribution is 6.11. The van der Waals surface area contributed by atoms with E-state index in [1.54, 1.807) is 0 Å². The zero-order valence-electron chi connectivity index (χ0n) is 25.0. The normalized spacial score (nSPS) is 11.5. The fourth-order valence-corrected chi connectivity index (χ4v) is 5.55. The third-order valence-corrected chi connectivity index (χ3v) is 7.83. The second kappa shape index (κ2) is 17.4. The summed E-state index contributed by atoms with van der Waals surface area (Å²) in [7, 11) is 0. The fraction of sp³-hybridized carbons (Fsp3) is 0.611. The Balaban J connectivity index is 2.10. The predicted octanol–water partition coefficient (Wildman–Crippen LogP) is 11.4. The lowest BCUT2D eigenvalue weighted by atomic mass is 9.91. The van der Waals surface area contributed by atoms with Crippen LogP contribution in [0.1, 0.15) is 129 Å². The van der Waals surface area contributed by atoms with Crippen LogP contribution in [0.4, 0.5) is 0 Å². The number of rotatable bonds is 20. The summed E-state index contributed by atoms with van der Waals surface area (Å²) in [5.41, 5.74) is 3.03. The molecule has 0 unspecified atom stereocenters. The van der Waals surface area contributed by atoms with Gasteiger partial charge in [-0.1, -0.05) is 116 Å². The largest absolute Gasteiger partial charge is 0.492 e. The van der Waals surface area contributed by atoms with Gasteiger partial charge in [0.05, 0.1) is 13.2 Å². The van der Waals surface area contributed by atoms with Crippen LogP contribution in [-0.2, 0) is 12.8 Å². The third kappa shape index (κ3) is 8.65. The van der Waals surface area contributed by atoms with E-state index >= 15 is 0 Å². The summed E-state index contributed by atoms with van der Waals surface area (Å²) in [6.07, 6.45) is 19.6. The van der Waals surface area contributed by atoms with Gasteiger partial charge in [-0.05, 0) is 61.8 Å². The van der Waals surface area contributed by atoms with Gasteiger partial charge in [0.2, 0.25) is 0 Å². The second-order valence-electron chi connectivity index (χ2n) is 11.1. The van der Waals surface area contributed by atoms with Crippen molar-refractivity contribution in [1.29, 1.82) is 0 Å². The minimum atomic E-state index is 0.778. The molecule has 0 saturated carbocycles. The molecule has 3 aromatic rings. The standard InChI is InChI=1S/C36H54O2/c1-5-9-13-19-25-37-35-31-23-17-18-24-32(31)36(38-26-20-14-10-6-2)34-28-30(22-16-12-8-4)29(27-33(34)35)21-15-11-7-3/h17-18,23-24,27-28H,5-16,19-22,25-26H2,1-4H3. The minimum absolute atomic E-state index is 0.778. The number of hydrogen-bond acceptors (Lipinski definition) is 2. The molecule has 0 aliphatic rings. The van der Waals surface area contributed by atoms with Crippen molar-refractivity contribution in [1.82, 2.24) is 0 Å². The summed E-state index contributed by atoms with van der Waals surface area (Å²) in [6.45, 7) is 10.7. The van der Waals surface area contributed by atoms with Crippen molar-refractivity contribution < 1.29 is 9.47 Å². The summed E-state index contributed by atoms with van der Waals surface area (Å²) in [5, 5.41) is 4.87. The molecule has 3 rings (SSSR count). The van der Waals surface area contributed by atoms with Gasteiger partial charge in [0, 0.05) is 21.5 Å². The van der Waals surface area contributed by atoms with Crippen LogP contribution in [0.25, 0.3) is 21.5 Å². The highest BCUT2D eigenvalue weighted by Crippen LogP contribution is 2.44. The Bertz CT molecular complexity index is 998. The fourth-order valence-electron chi connectivity index (χ4n) is 5.55. The Kier molecular flexibility index (Phi) is 13.9. The van der Waals surface area contributed by atoms with Gasteiger partial charge >= 0.3 is 0 Å². The van der Waals surface area contributed by atoms with Gasteiger partial charge < -0.3 is 9.47 Å². The number of fused-ring (bicyclic) bond motifs is 2. The van der Waals surface area contributed by atoms with Gasteiger partial charge in [-0.15, -0.1) is 0 Å². The molecule has 0 fully saturated rings. The molecule has 0 bridgehead atoms. The average molecular weight is 519 g/mol. The Morgan fingerprint density at radius 1 is 0.447 bits per heavy atom. The van der Waals surface area contributed by atoms with E-state index in [1.165, 1.54) is 110 Å². The van der Waals surface area contributed by atoms with Crippen LogP contribution in [0.2, 0.25) is 0 Å². The number of aryl methyl sites for hydroxylation is 2. The molecule has 0 heterocycles. The molecule has 2 heteroatoms. The zero-order valence-corrected chi connectivity index (χ0v) is 25.0. The van der Waals surface area contributed by atoms with E-state index in [-0.39, 0.29) is 0 Å². The first-order valence-electron chi connectivity index (χ1n) is 16.0. The smallest absolute Gasteiger partial charge is 0.135 e. The third-order valence-electron chi connectivity index (χ3n) is 7.83. The summed E-state index contributed by atoms with van der Waals surface area (Å²) in [5.74, 6) is 2.12. The topological polar surface area (TPSA) is 18.5 Å². The van der Waals surface area contributed by atoms with E-state index in [0.29, 0.717) is 0 Å². The van der Waals surface area contributed by atoms with E-state index in [1.807, 2.05) is 0 Å². The first-order valence-corrected chi connectivity index (χ1v) is 16.0. The summed E-state index contributed by atoms with van der Waals surface area (Å²) in [6, 6.07) is 13.7. The van der Waals surface area contributed by atoms with Gasteiger partial charge in [0.1, 0.15) is 11.5 Å². The number of hydrogen-bond donors (Lipinski definition) is 0. The maximum absolute atomic E-state index is 6.66. The van der Waals surface area contributed by atoms with E-state index < -0.39 is 0 Å². The molecule has 0 saturated heterocycles. The summed E-state index contributed by atoms with van der Waals surface area (Å²) in [4.78, 5) is 0. The zero-order chi connectivity index (χ0) is 27.0. The molecule has 0 atom stereocenters. The molecular formula is C36H54O2. The number of benzene rings is 3. The number of unbranched alkanes of at least 4 members (excludes halogenated alkanes) is 10. The average Bonchev–Trinajstić information content (AvgIpc) is 2.94. The van der Waals surface area contributed by atoms with Crippen LogP contribution >= 0.6 is 0 Å². The molecule has 2 nitrogen and oxygen atoms in total. The number of ether oxygens (including phenoxy) is 2. The van der Waals surface area contributed by atoms with Crippen LogP contribution in [0.15, 0.2) is 36.4 Å². The van der Waals surface area contributed by atoms with Crippen LogP contribution < -0.4 is 9.47 Å². The van der Waals surface area contributed by atoms with Crippen molar-refractivity contribution in [2.75, 3.05) is 13.2 Å². The highest BCUT2D eigenvalue weighted by atomic mass is 16.5. The van der Waals surface area contributed by atoms with E-state index in [2.05, 4.69) is 64.1 Å². The van der Waals surface area contributed by atoms with Crippen molar-refractivity contribution in [3.8, 4) is 11.5 Å². The maximum Gasteiger partial charge on any atom is 0.135 e. The predicted molar refractivity (Wildman–Crippen MR) is 167 cm³/mol. The monoisotopic (exact) mass is 518 g/mol. The van der Waals surface area contributed by atoms with Crippen molar-refractivity contribution in [3.63, 3.8) is 0 Å². The van der Waals surface area contributed by atoms with E-state index in [0.717, 1.165) is 50.4 Å². The first kappa shape index (κ1) is 30.3. The van der Waals surface area contributed by atoms with Crippen molar-refractivity contribution >= 4 is 21.5 Å². The van der Waals surface area contributed by atoms with Gasteiger partial charge in [-0.25, -0.2) is 0 Å². The Hall–Kier alpha value is -2.22. The van der Waals surface area contributed by atoms with E-state index in [9.17, 15) is 0 Å². The summed E-state index contributed by atoms with van der Waals surface area (Å²) >= 11 is 0. The van der Waals surface area contributed by atoms with Crippen molar-refractivity contribution in [3.05, 3.63) is 47.5 Å². The van der Waals surface area contributed by atoms with Crippen LogP contribution in [0.3, 0.4) is 0 Å². The lowest BCUT2D eigenvalue weighted by Gasteiger charge is -2.20. The lowest BCUT2D eigenvalue weighted by Crippen LogP contribution is -2.04. The minimum Gasteiger partial charge on any atom is -0.492 e. The molecule has 0 aliphatic carbocycles. The van der Waals surface area contributed by atoms with Crippen molar-refractivity contribution in [2.45, 2.75) is 130 Å². The molecule has 0 N–H and O–H groups in total. The van der Waals surface area contributed by atoms with Gasteiger partial charge in [0.15, 0.2) is 0 Å². The molecule has 0 aromatic heterocycles. The van der Waals surface area contributed by atoms with Crippen LogP contribution in [0, 0.1) is 0 Å². The van der Waals surface area contributed by atoms with Crippen LogP contribution in [-0.4, -0.2) is 13.2 Å². The Labute approximate surface area is 233 Å². The Morgan fingerprint density at radius 3 is 1.24 bits per heavy atom. The lowest BCUT2D eigenvalue weighted by molar-refractivity contribution is 0.307. The first-order chi connectivity index (χ1) is 18.7. The SMILES string of the molecule is CCCCCCOc1c2ccccc2c(OCCCCCC)c2cc(CCCCC)c(CCCCC)cc12. The molecule has 0 aliphatic heterocycles. The molecule has 38 heavy (non-hydrogen) atoms. The van der Waals surface area contributed by atoms with Gasteiger partial charge in [-0.2, -0.15) is 0 Å². The molecule has 0 amide bonds. The maximum atomic E-state index is 6.66.